The minimum atomic E-state index is 0.148. The monoisotopic (exact) mass is 292 g/mol. The van der Waals surface area contributed by atoms with Gasteiger partial charge in [-0.3, -0.25) is 4.79 Å². The highest BCUT2D eigenvalue weighted by molar-refractivity contribution is 6.30. The Morgan fingerprint density at radius 2 is 1.67 bits per heavy atom. The van der Waals surface area contributed by atoms with Gasteiger partial charge in [-0.25, -0.2) is 0 Å². The minimum absolute atomic E-state index is 0.148. The molecule has 4 rings (SSSR count). The number of Topliss-reactive ketones (excluding diaryl/α,β-unsaturated/α-hetero) is 1. The molecule has 0 saturated carbocycles. The molecule has 0 radical (unpaired) electrons. The van der Waals surface area contributed by atoms with Crippen LogP contribution in [0.2, 0.25) is 5.02 Å². The molecule has 0 aliphatic heterocycles. The van der Waals surface area contributed by atoms with E-state index in [1.54, 1.807) is 0 Å². The molecule has 0 saturated heterocycles. The van der Waals surface area contributed by atoms with Crippen molar-refractivity contribution in [2.24, 2.45) is 0 Å². The first-order valence-electron chi connectivity index (χ1n) is 7.04. The number of fused-ring (bicyclic) bond motifs is 3. The van der Waals surface area contributed by atoms with Crippen molar-refractivity contribution in [3.63, 3.8) is 0 Å². The van der Waals surface area contributed by atoms with Gasteiger partial charge < -0.3 is 0 Å². The predicted molar refractivity (Wildman–Crippen MR) is 86.2 cm³/mol. The number of carbonyl (C=O) groups excluding carboxylic acids is 1. The van der Waals surface area contributed by atoms with E-state index >= 15 is 0 Å². The van der Waals surface area contributed by atoms with Crippen molar-refractivity contribution >= 4 is 28.2 Å². The number of hydrogen-bond donors (Lipinski definition) is 0. The fourth-order valence-electron chi connectivity index (χ4n) is 3.28. The van der Waals surface area contributed by atoms with Crippen LogP contribution in [0.25, 0.3) is 10.8 Å². The van der Waals surface area contributed by atoms with E-state index in [0.717, 1.165) is 32.5 Å². The van der Waals surface area contributed by atoms with Crippen molar-refractivity contribution in [3.05, 3.63) is 82.4 Å². The Bertz CT molecular complexity index is 849. The summed E-state index contributed by atoms with van der Waals surface area (Å²) in [4.78, 5) is 12.5. The Morgan fingerprint density at radius 1 is 0.905 bits per heavy atom. The van der Waals surface area contributed by atoms with Crippen molar-refractivity contribution in [2.75, 3.05) is 0 Å². The van der Waals surface area contributed by atoms with Crippen LogP contribution in [0.4, 0.5) is 0 Å². The molecule has 1 atom stereocenters. The van der Waals surface area contributed by atoms with Crippen LogP contribution in [-0.2, 0) is 0 Å². The molecular weight excluding hydrogens is 280 g/mol. The molecule has 102 valence electrons. The molecule has 0 N–H and O–H groups in total. The molecule has 21 heavy (non-hydrogen) atoms. The van der Waals surface area contributed by atoms with Gasteiger partial charge in [0.05, 0.1) is 0 Å². The molecule has 0 heterocycles. The van der Waals surface area contributed by atoms with Gasteiger partial charge in [-0.2, -0.15) is 0 Å². The first-order chi connectivity index (χ1) is 10.2. The van der Waals surface area contributed by atoms with Gasteiger partial charge in [0.1, 0.15) is 0 Å². The Kier molecular flexibility index (Phi) is 2.83. The zero-order valence-electron chi connectivity index (χ0n) is 11.3. The highest BCUT2D eigenvalue weighted by atomic mass is 35.5. The van der Waals surface area contributed by atoms with Gasteiger partial charge in [-0.15, -0.1) is 0 Å². The maximum absolute atomic E-state index is 12.5. The summed E-state index contributed by atoms with van der Waals surface area (Å²) in [6, 6.07) is 20.1. The first-order valence-corrected chi connectivity index (χ1v) is 7.42. The molecule has 1 aliphatic rings. The van der Waals surface area contributed by atoms with Crippen LogP contribution >= 0.6 is 11.6 Å². The van der Waals surface area contributed by atoms with Crippen molar-refractivity contribution < 1.29 is 4.79 Å². The number of rotatable bonds is 1. The van der Waals surface area contributed by atoms with Gasteiger partial charge in [0, 0.05) is 22.9 Å². The molecule has 0 aromatic heterocycles. The van der Waals surface area contributed by atoms with E-state index in [4.69, 9.17) is 11.6 Å². The molecular formula is C19H13ClO. The van der Waals surface area contributed by atoms with E-state index in [0.29, 0.717) is 6.42 Å². The minimum Gasteiger partial charge on any atom is -0.294 e. The molecule has 1 unspecified atom stereocenters. The van der Waals surface area contributed by atoms with Crippen LogP contribution < -0.4 is 0 Å². The normalized spacial score (nSPS) is 17.2. The first kappa shape index (κ1) is 12.6. The molecule has 3 aromatic rings. The van der Waals surface area contributed by atoms with E-state index in [1.165, 1.54) is 0 Å². The molecule has 0 bridgehead atoms. The average molecular weight is 293 g/mol. The molecule has 0 fully saturated rings. The summed E-state index contributed by atoms with van der Waals surface area (Å²) in [5, 5.41) is 2.92. The fraction of sp³-hybridized carbons (Fsp3) is 0.105. The predicted octanol–water partition coefficient (Wildman–Crippen LogP) is 5.21. The number of hydrogen-bond acceptors (Lipinski definition) is 1. The summed E-state index contributed by atoms with van der Waals surface area (Å²) in [7, 11) is 0. The van der Waals surface area contributed by atoms with Crippen molar-refractivity contribution in [1.82, 2.24) is 0 Å². The van der Waals surface area contributed by atoms with Crippen LogP contribution in [0.3, 0.4) is 0 Å². The lowest BCUT2D eigenvalue weighted by Crippen LogP contribution is -1.96. The smallest absolute Gasteiger partial charge is 0.164 e. The van der Waals surface area contributed by atoms with Crippen LogP contribution in [0.1, 0.15) is 33.8 Å². The highest BCUT2D eigenvalue weighted by Crippen LogP contribution is 2.41. The Morgan fingerprint density at radius 3 is 2.48 bits per heavy atom. The SMILES string of the molecule is O=C1CC(c2ccc(Cl)cc2)c2ccc3ccccc3c21. The molecule has 2 heteroatoms. The van der Waals surface area contributed by atoms with Crippen LogP contribution in [0.15, 0.2) is 60.7 Å². The summed E-state index contributed by atoms with van der Waals surface area (Å²) in [6.45, 7) is 0. The Hall–Kier alpha value is -2.12. The summed E-state index contributed by atoms with van der Waals surface area (Å²) in [5.74, 6) is 0.385. The lowest BCUT2D eigenvalue weighted by molar-refractivity contribution is 0.0993. The molecule has 0 amide bonds. The number of halogens is 1. The van der Waals surface area contributed by atoms with Gasteiger partial charge in [-0.1, -0.05) is 60.1 Å². The van der Waals surface area contributed by atoms with Crippen LogP contribution in [0, 0.1) is 0 Å². The highest BCUT2D eigenvalue weighted by Gasteiger charge is 2.31. The lowest BCUT2D eigenvalue weighted by atomic mass is 9.92. The van der Waals surface area contributed by atoms with Crippen LogP contribution in [-0.4, -0.2) is 5.78 Å². The Labute approximate surface area is 128 Å². The summed E-state index contributed by atoms with van der Waals surface area (Å²) in [6.07, 6.45) is 0.547. The second kappa shape index (κ2) is 4.71. The second-order valence-corrected chi connectivity index (χ2v) is 5.92. The van der Waals surface area contributed by atoms with E-state index < -0.39 is 0 Å². The summed E-state index contributed by atoms with van der Waals surface area (Å²) in [5.41, 5.74) is 3.19. The quantitative estimate of drug-likeness (QED) is 0.601. The van der Waals surface area contributed by atoms with Gasteiger partial charge in [0.15, 0.2) is 5.78 Å². The van der Waals surface area contributed by atoms with Crippen molar-refractivity contribution in [2.45, 2.75) is 12.3 Å². The van der Waals surface area contributed by atoms with E-state index in [-0.39, 0.29) is 11.7 Å². The van der Waals surface area contributed by atoms with Gasteiger partial charge in [0.2, 0.25) is 0 Å². The van der Waals surface area contributed by atoms with Crippen molar-refractivity contribution in [3.8, 4) is 0 Å². The number of ketones is 1. The molecule has 1 nitrogen and oxygen atoms in total. The molecule has 3 aromatic carbocycles. The second-order valence-electron chi connectivity index (χ2n) is 5.48. The molecule has 1 aliphatic carbocycles. The Balaban J connectivity index is 1.92. The van der Waals surface area contributed by atoms with Gasteiger partial charge >= 0.3 is 0 Å². The maximum Gasteiger partial charge on any atom is 0.164 e. The number of benzene rings is 3. The lowest BCUT2D eigenvalue weighted by Gasteiger charge is -2.12. The van der Waals surface area contributed by atoms with E-state index in [1.807, 2.05) is 42.5 Å². The number of carbonyl (C=O) groups is 1. The largest absolute Gasteiger partial charge is 0.294 e. The van der Waals surface area contributed by atoms with E-state index in [9.17, 15) is 4.79 Å². The average Bonchev–Trinajstić information content (AvgIpc) is 2.86. The zero-order chi connectivity index (χ0) is 14.4. The molecule has 0 spiro atoms. The third kappa shape index (κ3) is 1.97. The van der Waals surface area contributed by atoms with Gasteiger partial charge in [-0.05, 0) is 34.0 Å². The third-order valence-electron chi connectivity index (χ3n) is 4.28. The topological polar surface area (TPSA) is 17.1 Å². The zero-order valence-corrected chi connectivity index (χ0v) is 12.1. The summed E-state index contributed by atoms with van der Waals surface area (Å²) >= 11 is 5.96. The fourth-order valence-corrected chi connectivity index (χ4v) is 3.41. The van der Waals surface area contributed by atoms with Crippen molar-refractivity contribution in [1.29, 1.82) is 0 Å². The van der Waals surface area contributed by atoms with E-state index in [2.05, 4.69) is 18.2 Å². The summed E-state index contributed by atoms with van der Waals surface area (Å²) < 4.78 is 0. The standard InChI is InChI=1S/C19H13ClO/c20-14-8-5-13(6-9-14)17-11-18(21)19-15-4-2-1-3-12(15)7-10-16(17)19/h1-10,17H,11H2. The maximum atomic E-state index is 12.5. The third-order valence-corrected chi connectivity index (χ3v) is 4.53. The van der Waals surface area contributed by atoms with Gasteiger partial charge in [0.25, 0.3) is 0 Å². The van der Waals surface area contributed by atoms with Crippen LogP contribution in [0.5, 0.6) is 0 Å².